The highest BCUT2D eigenvalue weighted by Gasteiger charge is 2.21. The average Bonchev–Trinajstić information content (AvgIpc) is 2.93. The van der Waals surface area contributed by atoms with Crippen LogP contribution in [-0.4, -0.2) is 30.0 Å². The molecule has 0 aliphatic rings. The van der Waals surface area contributed by atoms with Gasteiger partial charge in [-0.25, -0.2) is 8.42 Å². The van der Waals surface area contributed by atoms with E-state index >= 15 is 0 Å². The Bertz CT molecular complexity index is 702. The number of H-pyrrole nitrogens is 1. The van der Waals surface area contributed by atoms with Gasteiger partial charge in [-0.05, 0) is 17.7 Å². The Balaban J connectivity index is 2.22. The van der Waals surface area contributed by atoms with E-state index in [1.54, 1.807) is 24.3 Å². The van der Waals surface area contributed by atoms with Gasteiger partial charge in [-0.15, -0.1) is 0 Å². The molecule has 98 valence electrons. The van der Waals surface area contributed by atoms with Crippen molar-refractivity contribution in [3.8, 4) is 6.07 Å². The highest BCUT2D eigenvalue weighted by atomic mass is 32.2. The molecule has 0 unspecified atom stereocenters. The van der Waals surface area contributed by atoms with Gasteiger partial charge in [0.1, 0.15) is 4.90 Å². The van der Waals surface area contributed by atoms with Crippen LogP contribution in [0.5, 0.6) is 0 Å². The second-order valence-electron chi connectivity index (χ2n) is 4.01. The zero-order chi connectivity index (χ0) is 13.9. The molecule has 0 saturated carbocycles. The van der Waals surface area contributed by atoms with Crippen molar-refractivity contribution in [2.24, 2.45) is 0 Å². The third-order valence-electron chi connectivity index (χ3n) is 2.64. The van der Waals surface area contributed by atoms with Crippen molar-refractivity contribution in [2.75, 3.05) is 7.05 Å². The molecule has 0 aliphatic carbocycles. The monoisotopic (exact) mass is 276 g/mol. The van der Waals surface area contributed by atoms with Gasteiger partial charge in [0.15, 0.2) is 0 Å². The third-order valence-corrected chi connectivity index (χ3v) is 4.41. The van der Waals surface area contributed by atoms with Crippen LogP contribution in [0.2, 0.25) is 0 Å². The van der Waals surface area contributed by atoms with Gasteiger partial charge < -0.3 is 0 Å². The van der Waals surface area contributed by atoms with Gasteiger partial charge in [0, 0.05) is 19.8 Å². The first-order chi connectivity index (χ1) is 9.04. The molecular weight excluding hydrogens is 264 g/mol. The fourth-order valence-electron chi connectivity index (χ4n) is 1.64. The van der Waals surface area contributed by atoms with Gasteiger partial charge in [-0.3, -0.25) is 5.10 Å². The van der Waals surface area contributed by atoms with E-state index in [0.717, 1.165) is 5.56 Å². The third kappa shape index (κ3) is 2.81. The molecule has 0 atom stereocenters. The van der Waals surface area contributed by atoms with Crippen LogP contribution in [0.3, 0.4) is 0 Å². The van der Waals surface area contributed by atoms with Crippen LogP contribution in [0.4, 0.5) is 0 Å². The van der Waals surface area contributed by atoms with Crippen LogP contribution < -0.4 is 0 Å². The summed E-state index contributed by atoms with van der Waals surface area (Å²) < 4.78 is 25.5. The van der Waals surface area contributed by atoms with E-state index in [2.05, 4.69) is 10.2 Å². The maximum atomic E-state index is 12.2. The zero-order valence-corrected chi connectivity index (χ0v) is 11.1. The number of nitrogens with one attached hydrogen (secondary N) is 1. The lowest BCUT2D eigenvalue weighted by atomic mass is 10.1. The minimum Gasteiger partial charge on any atom is -0.284 e. The Kier molecular flexibility index (Phi) is 3.64. The van der Waals surface area contributed by atoms with Gasteiger partial charge in [-0.1, -0.05) is 12.1 Å². The predicted molar refractivity (Wildman–Crippen MR) is 68.4 cm³/mol. The number of hydrogen-bond donors (Lipinski definition) is 1. The minimum atomic E-state index is -3.56. The smallest absolute Gasteiger partial charge is 0.246 e. The molecule has 2 rings (SSSR count). The summed E-state index contributed by atoms with van der Waals surface area (Å²) in [4.78, 5) is 0.117. The van der Waals surface area contributed by atoms with Crippen LogP contribution in [0.15, 0.2) is 41.6 Å². The van der Waals surface area contributed by atoms with E-state index in [0.29, 0.717) is 5.56 Å². The van der Waals surface area contributed by atoms with E-state index in [1.165, 1.54) is 23.7 Å². The van der Waals surface area contributed by atoms with Gasteiger partial charge >= 0.3 is 0 Å². The van der Waals surface area contributed by atoms with Crippen molar-refractivity contribution in [1.29, 1.82) is 5.26 Å². The maximum Gasteiger partial charge on any atom is 0.246 e. The first-order valence-electron chi connectivity index (χ1n) is 5.48. The summed E-state index contributed by atoms with van der Waals surface area (Å²) in [7, 11) is -2.07. The summed E-state index contributed by atoms with van der Waals surface area (Å²) in [5.41, 5.74) is 1.26. The Morgan fingerprint density at radius 1 is 1.47 bits per heavy atom. The summed E-state index contributed by atoms with van der Waals surface area (Å²) in [5.74, 6) is 0. The van der Waals surface area contributed by atoms with E-state index in [9.17, 15) is 8.42 Å². The van der Waals surface area contributed by atoms with E-state index in [1.807, 2.05) is 6.07 Å². The molecule has 2 aromatic rings. The van der Waals surface area contributed by atoms with Gasteiger partial charge in [0.2, 0.25) is 10.0 Å². The lowest BCUT2D eigenvalue weighted by molar-refractivity contribution is 0.467. The number of hydrogen-bond acceptors (Lipinski definition) is 4. The molecule has 1 heterocycles. The summed E-state index contributed by atoms with van der Waals surface area (Å²) in [5, 5.41) is 14.9. The van der Waals surface area contributed by atoms with Crippen molar-refractivity contribution in [3.05, 3.63) is 47.8 Å². The van der Waals surface area contributed by atoms with Crippen LogP contribution in [0.25, 0.3) is 0 Å². The number of benzene rings is 1. The fraction of sp³-hybridized carbons (Fsp3) is 0.167. The normalized spacial score (nSPS) is 11.4. The molecule has 7 heteroatoms. The molecule has 1 N–H and O–H groups in total. The average molecular weight is 276 g/mol. The van der Waals surface area contributed by atoms with Gasteiger partial charge in [0.05, 0.1) is 17.8 Å². The standard InChI is InChI=1S/C12H12N4O2S/c1-16(19(17,18)12-7-14-15-8-12)9-11-4-2-3-10(5-11)6-13/h2-5,7-8H,9H2,1H3,(H,14,15). The van der Waals surface area contributed by atoms with E-state index in [-0.39, 0.29) is 11.4 Å². The number of sulfonamides is 1. The zero-order valence-electron chi connectivity index (χ0n) is 10.2. The van der Waals surface area contributed by atoms with Crippen LogP contribution >= 0.6 is 0 Å². The van der Waals surface area contributed by atoms with Crippen LogP contribution in [0.1, 0.15) is 11.1 Å². The van der Waals surface area contributed by atoms with Crippen molar-refractivity contribution in [1.82, 2.24) is 14.5 Å². The lowest BCUT2D eigenvalue weighted by Gasteiger charge is -2.16. The number of aromatic nitrogens is 2. The molecule has 1 aromatic carbocycles. The maximum absolute atomic E-state index is 12.2. The number of rotatable bonds is 4. The Labute approximate surface area is 111 Å². The first-order valence-corrected chi connectivity index (χ1v) is 6.92. The fourth-order valence-corrected chi connectivity index (χ4v) is 2.71. The largest absolute Gasteiger partial charge is 0.284 e. The Morgan fingerprint density at radius 3 is 2.89 bits per heavy atom. The number of aromatic amines is 1. The molecule has 0 spiro atoms. The highest BCUT2D eigenvalue weighted by Crippen LogP contribution is 2.15. The molecule has 1 aromatic heterocycles. The number of nitriles is 1. The highest BCUT2D eigenvalue weighted by molar-refractivity contribution is 7.89. The van der Waals surface area contributed by atoms with Gasteiger partial charge in [-0.2, -0.15) is 14.7 Å². The molecule has 0 saturated heterocycles. The van der Waals surface area contributed by atoms with E-state index < -0.39 is 10.0 Å². The quantitative estimate of drug-likeness (QED) is 0.905. The molecule has 0 amide bonds. The summed E-state index contributed by atoms with van der Waals surface area (Å²) in [6, 6.07) is 8.88. The van der Waals surface area contributed by atoms with Crippen LogP contribution in [-0.2, 0) is 16.6 Å². The van der Waals surface area contributed by atoms with Crippen LogP contribution in [0, 0.1) is 11.3 Å². The van der Waals surface area contributed by atoms with E-state index in [4.69, 9.17) is 5.26 Å². The molecular formula is C12H12N4O2S. The minimum absolute atomic E-state index is 0.117. The molecule has 0 fully saturated rings. The summed E-state index contributed by atoms with van der Waals surface area (Å²) in [6.45, 7) is 0.197. The summed E-state index contributed by atoms with van der Waals surface area (Å²) >= 11 is 0. The molecule has 6 nitrogen and oxygen atoms in total. The van der Waals surface area contributed by atoms with Gasteiger partial charge in [0.25, 0.3) is 0 Å². The summed E-state index contributed by atoms with van der Waals surface area (Å²) in [6.07, 6.45) is 2.59. The molecule has 0 aliphatic heterocycles. The first kappa shape index (κ1) is 13.3. The molecule has 19 heavy (non-hydrogen) atoms. The Hall–Kier alpha value is -2.17. The lowest BCUT2D eigenvalue weighted by Crippen LogP contribution is -2.26. The van der Waals surface area contributed by atoms with Crippen molar-refractivity contribution in [2.45, 2.75) is 11.4 Å². The molecule has 0 radical (unpaired) electrons. The van der Waals surface area contributed by atoms with Crippen molar-refractivity contribution >= 4 is 10.0 Å². The topological polar surface area (TPSA) is 89.8 Å². The second-order valence-corrected chi connectivity index (χ2v) is 6.05. The predicted octanol–water partition coefficient (Wildman–Crippen LogP) is 1.10. The number of nitrogens with zero attached hydrogens (tertiary/aromatic N) is 3. The van der Waals surface area contributed by atoms with Crippen molar-refractivity contribution < 1.29 is 8.42 Å². The van der Waals surface area contributed by atoms with Crippen molar-refractivity contribution in [3.63, 3.8) is 0 Å². The second kappa shape index (κ2) is 5.22. The molecule has 0 bridgehead atoms. The SMILES string of the molecule is CN(Cc1cccc(C#N)c1)S(=O)(=O)c1cn[nH]c1. The Morgan fingerprint density at radius 2 is 2.26 bits per heavy atom.